The van der Waals surface area contributed by atoms with Gasteiger partial charge in [-0.15, -0.1) is 0 Å². The molecule has 5 rings (SSSR count). The number of fused-ring (bicyclic) bond motifs is 3. The van der Waals surface area contributed by atoms with Crippen LogP contribution >= 0.6 is 11.6 Å². The molecule has 0 saturated carbocycles. The molecule has 2 aliphatic rings. The molecule has 0 radical (unpaired) electrons. The molecule has 3 aromatic carbocycles. The van der Waals surface area contributed by atoms with Gasteiger partial charge < -0.3 is 26.0 Å². The molecular weight excluding hydrogens is 493 g/mol. The zero-order valence-electron chi connectivity index (χ0n) is 19.5. The van der Waals surface area contributed by atoms with Crippen LogP contribution in [0.2, 0.25) is 5.02 Å². The van der Waals surface area contributed by atoms with E-state index in [0.29, 0.717) is 22.9 Å². The smallest absolute Gasteiger partial charge is 0.416 e. The lowest BCUT2D eigenvalue weighted by Crippen LogP contribution is -2.31. The first-order chi connectivity index (χ1) is 17.0. The summed E-state index contributed by atoms with van der Waals surface area (Å²) >= 11 is 6.28. The number of anilines is 3. The zero-order chi connectivity index (χ0) is 25.7. The number of alkyl halides is 3. The Labute approximate surface area is 211 Å². The Morgan fingerprint density at radius 1 is 1.14 bits per heavy atom. The molecule has 0 aromatic heterocycles. The van der Waals surface area contributed by atoms with Crippen molar-refractivity contribution in [3.63, 3.8) is 0 Å². The molecule has 6 nitrogen and oxygen atoms in total. The number of carbonyl (C=O) groups is 1. The zero-order valence-corrected chi connectivity index (χ0v) is 20.3. The van der Waals surface area contributed by atoms with Gasteiger partial charge in [-0.1, -0.05) is 41.9 Å². The molecule has 36 heavy (non-hydrogen) atoms. The first-order valence-corrected chi connectivity index (χ1v) is 11.8. The summed E-state index contributed by atoms with van der Waals surface area (Å²) in [5, 5.41) is 13.2. The van der Waals surface area contributed by atoms with Gasteiger partial charge >= 0.3 is 6.18 Å². The van der Waals surface area contributed by atoms with E-state index in [0.717, 1.165) is 23.0 Å². The van der Waals surface area contributed by atoms with Crippen molar-refractivity contribution in [2.24, 2.45) is 0 Å². The van der Waals surface area contributed by atoms with Crippen molar-refractivity contribution in [2.75, 3.05) is 16.0 Å². The van der Waals surface area contributed by atoms with Crippen LogP contribution < -0.4 is 26.0 Å². The van der Waals surface area contributed by atoms with E-state index in [1.54, 1.807) is 12.1 Å². The second kappa shape index (κ2) is 8.81. The quantitative estimate of drug-likeness (QED) is 0.323. The van der Waals surface area contributed by atoms with Crippen molar-refractivity contribution in [1.29, 1.82) is 0 Å². The molecule has 0 spiro atoms. The summed E-state index contributed by atoms with van der Waals surface area (Å²) in [4.78, 5) is 13.2. The molecule has 188 valence electrons. The van der Waals surface area contributed by atoms with Gasteiger partial charge in [-0.25, -0.2) is 0 Å². The van der Waals surface area contributed by atoms with Crippen LogP contribution in [0, 0.1) is 0 Å². The predicted octanol–water partition coefficient (Wildman–Crippen LogP) is 6.24. The van der Waals surface area contributed by atoms with Crippen LogP contribution in [0.3, 0.4) is 0 Å². The van der Waals surface area contributed by atoms with Gasteiger partial charge in [-0.2, -0.15) is 13.2 Å². The molecule has 3 aromatic rings. The van der Waals surface area contributed by atoms with Crippen molar-refractivity contribution in [1.82, 2.24) is 5.32 Å². The van der Waals surface area contributed by atoms with Crippen LogP contribution in [0.4, 0.5) is 30.2 Å². The van der Waals surface area contributed by atoms with Crippen LogP contribution in [0.25, 0.3) is 0 Å². The topological polar surface area (TPSA) is 74.4 Å². The SMILES string of the molecule is CC1(C)Cc2c3c(cc(C(=O)NCc4ccccc4C(F)(F)F)c2O1)NC(Nc1ccccc1Cl)N3. The third-order valence-electron chi connectivity index (χ3n) is 6.13. The van der Waals surface area contributed by atoms with E-state index in [1.807, 2.05) is 32.0 Å². The summed E-state index contributed by atoms with van der Waals surface area (Å²) in [6.07, 6.45) is -4.36. The normalized spacial score (nSPS) is 17.3. The fourth-order valence-corrected chi connectivity index (χ4v) is 4.75. The highest BCUT2D eigenvalue weighted by Crippen LogP contribution is 2.48. The van der Waals surface area contributed by atoms with E-state index in [9.17, 15) is 18.0 Å². The Balaban J connectivity index is 1.41. The van der Waals surface area contributed by atoms with E-state index in [2.05, 4.69) is 21.3 Å². The molecule has 1 atom stereocenters. The van der Waals surface area contributed by atoms with Crippen LogP contribution in [0.1, 0.15) is 40.9 Å². The minimum atomic E-state index is -4.51. The Morgan fingerprint density at radius 3 is 2.61 bits per heavy atom. The highest BCUT2D eigenvalue weighted by Gasteiger charge is 2.39. The Kier molecular flexibility index (Phi) is 5.90. The first-order valence-electron chi connectivity index (χ1n) is 11.4. The molecule has 0 aliphatic carbocycles. The maximum Gasteiger partial charge on any atom is 0.416 e. The average molecular weight is 517 g/mol. The van der Waals surface area contributed by atoms with E-state index < -0.39 is 29.5 Å². The fraction of sp³-hybridized carbons (Fsp3) is 0.269. The summed E-state index contributed by atoms with van der Waals surface area (Å²) in [6.45, 7) is 3.57. The van der Waals surface area contributed by atoms with E-state index >= 15 is 0 Å². The Hall–Kier alpha value is -3.59. The monoisotopic (exact) mass is 516 g/mol. The summed E-state index contributed by atoms with van der Waals surface area (Å²) in [5.74, 6) is -0.0962. The fourth-order valence-electron chi connectivity index (χ4n) is 4.56. The average Bonchev–Trinajstić information content (AvgIpc) is 3.37. The van der Waals surface area contributed by atoms with Crippen molar-refractivity contribution >= 4 is 34.6 Å². The Morgan fingerprint density at radius 2 is 1.86 bits per heavy atom. The number of ether oxygens (including phenoxy) is 1. The van der Waals surface area contributed by atoms with E-state index in [4.69, 9.17) is 16.3 Å². The number of amides is 1. The molecule has 2 aliphatic heterocycles. The summed E-state index contributed by atoms with van der Waals surface area (Å²) in [6, 6.07) is 14.2. The summed E-state index contributed by atoms with van der Waals surface area (Å²) < 4.78 is 46.2. The van der Waals surface area contributed by atoms with Crippen LogP contribution in [-0.2, 0) is 19.1 Å². The third kappa shape index (κ3) is 4.63. The number of hydrogen-bond acceptors (Lipinski definition) is 5. The molecule has 0 saturated heterocycles. The van der Waals surface area contributed by atoms with Gasteiger partial charge in [0, 0.05) is 18.5 Å². The van der Waals surface area contributed by atoms with Gasteiger partial charge in [0.05, 0.1) is 33.2 Å². The van der Waals surface area contributed by atoms with Gasteiger partial charge in [0.2, 0.25) is 0 Å². The van der Waals surface area contributed by atoms with E-state index in [1.165, 1.54) is 18.2 Å². The first kappa shape index (κ1) is 24.1. The van der Waals surface area contributed by atoms with E-state index in [-0.39, 0.29) is 17.7 Å². The van der Waals surface area contributed by atoms with Crippen LogP contribution in [0.15, 0.2) is 54.6 Å². The molecule has 1 unspecified atom stereocenters. The van der Waals surface area contributed by atoms with Crippen molar-refractivity contribution in [3.8, 4) is 5.75 Å². The van der Waals surface area contributed by atoms with Gasteiger partial charge in [-0.05, 0) is 43.7 Å². The molecule has 0 fully saturated rings. The largest absolute Gasteiger partial charge is 0.486 e. The number of carbonyl (C=O) groups excluding carboxylic acids is 1. The minimum Gasteiger partial charge on any atom is -0.486 e. The van der Waals surface area contributed by atoms with Gasteiger partial charge in [0.25, 0.3) is 5.91 Å². The number of rotatable bonds is 5. The number of hydrogen-bond donors (Lipinski definition) is 4. The molecule has 2 heterocycles. The number of benzene rings is 3. The van der Waals surface area contributed by atoms with Crippen molar-refractivity contribution in [3.05, 3.63) is 81.9 Å². The summed E-state index contributed by atoms with van der Waals surface area (Å²) in [5.41, 5.74) is 1.96. The second-order valence-electron chi connectivity index (χ2n) is 9.38. The third-order valence-corrected chi connectivity index (χ3v) is 6.46. The summed E-state index contributed by atoms with van der Waals surface area (Å²) in [7, 11) is 0. The minimum absolute atomic E-state index is 0.0128. The molecule has 4 N–H and O–H groups in total. The molecule has 10 heteroatoms. The standard InChI is InChI=1S/C26H24ClF3N4O2/c1-25(2)12-16-21-20(33-24(34-21)32-19-10-6-5-9-18(19)27)11-15(22(16)36-25)23(35)31-13-14-7-3-4-8-17(14)26(28,29)30/h3-11,24,32-34H,12-13H2,1-2H3,(H,31,35). The van der Waals surface area contributed by atoms with Gasteiger partial charge in [-0.3, -0.25) is 4.79 Å². The highest BCUT2D eigenvalue weighted by atomic mass is 35.5. The molecular formula is C26H24ClF3N4O2. The highest BCUT2D eigenvalue weighted by molar-refractivity contribution is 6.33. The lowest BCUT2D eigenvalue weighted by atomic mass is 9.97. The predicted molar refractivity (Wildman–Crippen MR) is 134 cm³/mol. The molecule has 1 amide bonds. The maximum atomic E-state index is 13.4. The maximum absolute atomic E-state index is 13.4. The van der Waals surface area contributed by atoms with Gasteiger partial charge in [0.1, 0.15) is 11.4 Å². The lowest BCUT2D eigenvalue weighted by molar-refractivity contribution is -0.138. The van der Waals surface area contributed by atoms with Gasteiger partial charge in [0.15, 0.2) is 6.29 Å². The molecule has 0 bridgehead atoms. The van der Waals surface area contributed by atoms with Crippen molar-refractivity contribution < 1.29 is 22.7 Å². The Bertz CT molecular complexity index is 1340. The van der Waals surface area contributed by atoms with Crippen LogP contribution in [0.5, 0.6) is 5.75 Å². The number of nitrogens with one attached hydrogen (secondary N) is 4. The number of para-hydroxylation sites is 1. The lowest BCUT2D eigenvalue weighted by Gasteiger charge is -2.18. The van der Waals surface area contributed by atoms with Crippen LogP contribution in [-0.4, -0.2) is 17.8 Å². The number of halogens is 4. The second-order valence-corrected chi connectivity index (χ2v) is 9.78. The van der Waals surface area contributed by atoms with Crippen molar-refractivity contribution in [2.45, 2.75) is 44.9 Å².